The molecule has 0 aliphatic rings. The first-order valence-corrected chi connectivity index (χ1v) is 3.47. The smallest absolute Gasteiger partial charge is 0.325 e. The van der Waals surface area contributed by atoms with E-state index in [9.17, 15) is 9.59 Å². The number of carbonyl (C=O) groups is 2. The number of nitrogens with one attached hydrogen (secondary N) is 1. The summed E-state index contributed by atoms with van der Waals surface area (Å²) < 4.78 is 0. The van der Waals surface area contributed by atoms with Gasteiger partial charge >= 0.3 is 5.97 Å². The molecule has 0 aromatic heterocycles. The molecule has 5 heteroatoms. The van der Waals surface area contributed by atoms with Crippen molar-refractivity contribution in [3.05, 3.63) is 0 Å². The van der Waals surface area contributed by atoms with E-state index < -0.39 is 17.9 Å². The number of carboxylic acids is 1. The number of hydrogen-bond acceptors (Lipinski definition) is 3. The lowest BCUT2D eigenvalue weighted by atomic mass is 10.3. The molecule has 1 amide bonds. The fraction of sp³-hybridized carbons (Fsp3) is 0.571. The van der Waals surface area contributed by atoms with Crippen molar-refractivity contribution < 1.29 is 14.7 Å². The van der Waals surface area contributed by atoms with Gasteiger partial charge in [-0.3, -0.25) is 9.59 Å². The van der Waals surface area contributed by atoms with Crippen LogP contribution in [-0.2, 0) is 9.59 Å². The second-order valence-electron chi connectivity index (χ2n) is 2.29. The zero-order valence-electron chi connectivity index (χ0n) is 6.70. The molecule has 2 N–H and O–H groups in total. The highest BCUT2D eigenvalue weighted by atomic mass is 16.4. The third kappa shape index (κ3) is 4.28. The minimum atomic E-state index is -1.08. The Hall–Kier alpha value is -1.57. The molecule has 1 unspecified atom stereocenters. The maximum absolute atomic E-state index is 10.8. The molecule has 0 aliphatic carbocycles. The first-order chi connectivity index (χ1) is 5.57. The van der Waals surface area contributed by atoms with Crippen LogP contribution in [0.5, 0.6) is 0 Å². The van der Waals surface area contributed by atoms with Crippen molar-refractivity contribution in [3.8, 4) is 6.07 Å². The number of carboxylic acid groups (broad SMARTS) is 1. The van der Waals surface area contributed by atoms with E-state index in [0.717, 1.165) is 0 Å². The van der Waals surface area contributed by atoms with Gasteiger partial charge in [-0.15, -0.1) is 0 Å². The quantitative estimate of drug-likeness (QED) is 0.615. The van der Waals surface area contributed by atoms with Crippen LogP contribution in [0.1, 0.15) is 19.8 Å². The van der Waals surface area contributed by atoms with Crippen LogP contribution in [0, 0.1) is 11.3 Å². The van der Waals surface area contributed by atoms with Gasteiger partial charge in [0.05, 0.1) is 6.07 Å². The highest BCUT2D eigenvalue weighted by Crippen LogP contribution is 1.88. The number of nitrogens with zero attached hydrogens (tertiary/aromatic N) is 1. The summed E-state index contributed by atoms with van der Waals surface area (Å²) in [4.78, 5) is 21.0. The summed E-state index contributed by atoms with van der Waals surface area (Å²) in [7, 11) is 0. The van der Waals surface area contributed by atoms with Crippen LogP contribution in [0.25, 0.3) is 0 Å². The van der Waals surface area contributed by atoms with E-state index in [1.165, 1.54) is 6.92 Å². The Kier molecular flexibility index (Phi) is 4.46. The van der Waals surface area contributed by atoms with Gasteiger partial charge < -0.3 is 10.4 Å². The molecule has 0 fully saturated rings. The standard InChI is InChI=1S/C7H10N2O3/c1-5(7(11)12)9-6(10)3-2-4-8/h5H,2-3H2,1H3,(H,9,10)(H,11,12). The molecule has 66 valence electrons. The number of hydrogen-bond donors (Lipinski definition) is 2. The molecule has 0 aromatic carbocycles. The van der Waals surface area contributed by atoms with E-state index in [1.807, 2.05) is 0 Å². The van der Waals surface area contributed by atoms with E-state index in [2.05, 4.69) is 5.32 Å². The molecule has 0 aliphatic heterocycles. The summed E-state index contributed by atoms with van der Waals surface area (Å²) in [6.07, 6.45) is 0.159. The van der Waals surface area contributed by atoms with Crippen molar-refractivity contribution in [1.82, 2.24) is 5.32 Å². The Morgan fingerprint density at radius 1 is 1.67 bits per heavy atom. The lowest BCUT2D eigenvalue weighted by Crippen LogP contribution is -2.38. The number of rotatable bonds is 4. The Balaban J connectivity index is 3.71. The van der Waals surface area contributed by atoms with E-state index >= 15 is 0 Å². The van der Waals surface area contributed by atoms with Crippen molar-refractivity contribution in [2.75, 3.05) is 0 Å². The molecule has 0 aromatic rings. The van der Waals surface area contributed by atoms with E-state index in [4.69, 9.17) is 10.4 Å². The molecule has 12 heavy (non-hydrogen) atoms. The molecule has 1 atom stereocenters. The highest BCUT2D eigenvalue weighted by molar-refractivity contribution is 5.83. The Morgan fingerprint density at radius 3 is 2.67 bits per heavy atom. The van der Waals surface area contributed by atoms with Gasteiger partial charge in [0.25, 0.3) is 0 Å². The van der Waals surface area contributed by atoms with Gasteiger partial charge in [-0.2, -0.15) is 5.26 Å². The van der Waals surface area contributed by atoms with Gasteiger partial charge in [0, 0.05) is 12.8 Å². The number of carbonyl (C=O) groups excluding carboxylic acids is 1. The van der Waals surface area contributed by atoms with E-state index in [0.29, 0.717) is 0 Å². The molecule has 0 rings (SSSR count). The third-order valence-corrected chi connectivity index (χ3v) is 1.21. The monoisotopic (exact) mass is 170 g/mol. The summed E-state index contributed by atoms with van der Waals surface area (Å²) in [6, 6.07) is 0.900. The maximum atomic E-state index is 10.8. The number of amides is 1. The van der Waals surface area contributed by atoms with Crippen molar-refractivity contribution >= 4 is 11.9 Å². The van der Waals surface area contributed by atoms with Crippen LogP contribution < -0.4 is 5.32 Å². The first-order valence-electron chi connectivity index (χ1n) is 3.47. The van der Waals surface area contributed by atoms with Crippen LogP contribution in [0.15, 0.2) is 0 Å². The zero-order chi connectivity index (χ0) is 9.56. The average molecular weight is 170 g/mol. The van der Waals surface area contributed by atoms with Crippen molar-refractivity contribution in [1.29, 1.82) is 5.26 Å². The van der Waals surface area contributed by atoms with Crippen LogP contribution >= 0.6 is 0 Å². The normalized spacial score (nSPS) is 11.3. The maximum Gasteiger partial charge on any atom is 0.325 e. The van der Waals surface area contributed by atoms with Gasteiger partial charge in [0.15, 0.2) is 0 Å². The molecule has 5 nitrogen and oxygen atoms in total. The van der Waals surface area contributed by atoms with Gasteiger partial charge in [0.1, 0.15) is 6.04 Å². The van der Waals surface area contributed by atoms with Gasteiger partial charge in [-0.25, -0.2) is 0 Å². The van der Waals surface area contributed by atoms with Crippen molar-refractivity contribution in [2.45, 2.75) is 25.8 Å². The van der Waals surface area contributed by atoms with Crippen molar-refractivity contribution in [2.24, 2.45) is 0 Å². The van der Waals surface area contributed by atoms with Crippen LogP contribution in [-0.4, -0.2) is 23.0 Å². The summed E-state index contributed by atoms with van der Waals surface area (Å²) in [6.45, 7) is 1.37. The Bertz CT molecular complexity index is 219. The first kappa shape index (κ1) is 10.4. The molecule has 0 heterocycles. The second-order valence-corrected chi connectivity index (χ2v) is 2.29. The average Bonchev–Trinajstić information content (AvgIpc) is 2.00. The minimum absolute atomic E-state index is 0.0497. The predicted molar refractivity (Wildman–Crippen MR) is 40.1 cm³/mol. The summed E-state index contributed by atoms with van der Waals surface area (Å²) in [5.74, 6) is -1.49. The Labute approximate surface area is 70.0 Å². The van der Waals surface area contributed by atoms with E-state index in [1.54, 1.807) is 6.07 Å². The second kappa shape index (κ2) is 5.13. The SMILES string of the molecule is CC(NC(=O)CCC#N)C(=O)O. The van der Waals surface area contributed by atoms with Crippen molar-refractivity contribution in [3.63, 3.8) is 0 Å². The van der Waals surface area contributed by atoms with Gasteiger partial charge in [-0.1, -0.05) is 0 Å². The fourth-order valence-corrected chi connectivity index (χ4v) is 0.545. The van der Waals surface area contributed by atoms with Gasteiger partial charge in [0.2, 0.25) is 5.91 Å². The Morgan fingerprint density at radius 2 is 2.25 bits per heavy atom. The van der Waals surface area contributed by atoms with E-state index in [-0.39, 0.29) is 12.8 Å². The summed E-state index contributed by atoms with van der Waals surface area (Å²) in [5, 5.41) is 18.7. The summed E-state index contributed by atoms with van der Waals surface area (Å²) in [5.41, 5.74) is 0. The summed E-state index contributed by atoms with van der Waals surface area (Å²) >= 11 is 0. The minimum Gasteiger partial charge on any atom is -0.480 e. The molecule has 0 bridgehead atoms. The topological polar surface area (TPSA) is 90.2 Å². The van der Waals surface area contributed by atoms with Crippen LogP contribution in [0.4, 0.5) is 0 Å². The number of nitriles is 1. The highest BCUT2D eigenvalue weighted by Gasteiger charge is 2.12. The largest absolute Gasteiger partial charge is 0.480 e. The van der Waals surface area contributed by atoms with Crippen LogP contribution in [0.3, 0.4) is 0 Å². The molecular weight excluding hydrogens is 160 g/mol. The molecule has 0 spiro atoms. The third-order valence-electron chi connectivity index (χ3n) is 1.21. The van der Waals surface area contributed by atoms with Crippen LogP contribution in [0.2, 0.25) is 0 Å². The number of aliphatic carboxylic acids is 1. The zero-order valence-corrected chi connectivity index (χ0v) is 6.70. The molecular formula is C7H10N2O3. The molecule has 0 radical (unpaired) electrons. The molecule has 0 saturated heterocycles. The predicted octanol–water partition coefficient (Wildman–Crippen LogP) is -0.121. The molecule has 0 saturated carbocycles. The fourth-order valence-electron chi connectivity index (χ4n) is 0.545. The lowest BCUT2D eigenvalue weighted by Gasteiger charge is -2.07. The lowest BCUT2D eigenvalue weighted by molar-refractivity contribution is -0.141. The van der Waals surface area contributed by atoms with Gasteiger partial charge in [-0.05, 0) is 6.92 Å².